The molecule has 2 aliphatic heterocycles. The molecule has 0 atom stereocenters. The normalized spacial score (nSPS) is 17.2. The molecule has 6 heterocycles. The highest BCUT2D eigenvalue weighted by Gasteiger charge is 2.54. The second-order valence-corrected chi connectivity index (χ2v) is 16.7. The van der Waals surface area contributed by atoms with Gasteiger partial charge in [-0.3, -0.25) is 24.0 Å². The first kappa shape index (κ1) is 33.5. The second kappa shape index (κ2) is 12.6. The molecular weight excluding hydrogens is 712 g/mol. The molecule has 4 aromatic heterocycles. The van der Waals surface area contributed by atoms with E-state index in [1.807, 2.05) is 4.72 Å². The molecule has 1 amide bonds. The SMILES string of the molecule is Cc1nc2cnc(N3CC4(C3)CN(C3CCC3)C4)c(C#N)c2c(=O)n1CCOc1ccc(Cl)cc1-c1ccnc2c(C(=O)NS(C)(=O)=O)csc12. The molecule has 5 aromatic rings. The minimum Gasteiger partial charge on any atom is -0.491 e. The zero-order chi connectivity index (χ0) is 35.7. The maximum atomic E-state index is 14.0. The first-order valence-corrected chi connectivity index (χ1v) is 19.7. The average Bonchev–Trinajstić information content (AvgIpc) is 3.46. The quantitative estimate of drug-likeness (QED) is 0.228. The minimum absolute atomic E-state index is 0.0925. The minimum atomic E-state index is -3.77. The van der Waals surface area contributed by atoms with Gasteiger partial charge in [0.05, 0.1) is 45.7 Å². The van der Waals surface area contributed by atoms with E-state index < -0.39 is 15.9 Å². The highest BCUT2D eigenvalue weighted by Crippen LogP contribution is 2.46. The van der Waals surface area contributed by atoms with Crippen LogP contribution in [0.5, 0.6) is 5.75 Å². The number of halogens is 1. The number of nitrogens with zero attached hydrogens (tertiary/aromatic N) is 7. The number of hydrogen-bond acceptors (Lipinski definition) is 12. The van der Waals surface area contributed by atoms with Gasteiger partial charge in [-0.2, -0.15) is 5.26 Å². The Morgan fingerprint density at radius 2 is 1.96 bits per heavy atom. The highest BCUT2D eigenvalue weighted by atomic mass is 35.5. The molecule has 1 saturated carbocycles. The molecule has 3 fully saturated rings. The summed E-state index contributed by atoms with van der Waals surface area (Å²) in [7, 11) is -3.77. The molecule has 1 aromatic carbocycles. The summed E-state index contributed by atoms with van der Waals surface area (Å²) in [5.41, 5.74) is 2.32. The fraction of sp³-hybridized carbons (Fsp3) is 0.371. The van der Waals surface area contributed by atoms with E-state index in [4.69, 9.17) is 16.3 Å². The van der Waals surface area contributed by atoms with Gasteiger partial charge in [0.15, 0.2) is 0 Å². The molecule has 0 radical (unpaired) electrons. The van der Waals surface area contributed by atoms with Crippen LogP contribution >= 0.6 is 22.9 Å². The van der Waals surface area contributed by atoms with Gasteiger partial charge in [0, 0.05) is 65.4 Å². The first-order valence-electron chi connectivity index (χ1n) is 16.5. The third-order valence-electron chi connectivity index (χ3n) is 10.1. The zero-order valence-electron chi connectivity index (χ0n) is 27.8. The standard InChI is InChI=1S/C35H33ClN8O5S2/c1-20-40-27-14-39-32(43-18-35(19-43)16-42(17-35)22-4-3-5-22)25(13-37)29(27)34(46)44(20)10-11-49-28-7-6-21(36)12-24(28)23-8-9-38-30-26(15-50-31(23)30)33(45)41-51(2,47)48/h6-9,12,14-15,22H,3-5,10-11,16-19H2,1-2H3,(H,41,45). The highest BCUT2D eigenvalue weighted by molar-refractivity contribution is 7.89. The molecule has 1 aliphatic carbocycles. The number of amides is 1. The Bertz CT molecular complexity index is 2460. The number of sulfonamides is 1. The van der Waals surface area contributed by atoms with E-state index >= 15 is 0 Å². The molecule has 8 rings (SSSR count). The third kappa shape index (κ3) is 5.99. The molecule has 16 heteroatoms. The number of anilines is 1. The lowest BCUT2D eigenvalue weighted by Crippen LogP contribution is -2.74. The van der Waals surface area contributed by atoms with Gasteiger partial charge in [-0.05, 0) is 44.0 Å². The molecule has 13 nitrogen and oxygen atoms in total. The van der Waals surface area contributed by atoms with Crippen LogP contribution in [0, 0.1) is 23.7 Å². The summed E-state index contributed by atoms with van der Waals surface area (Å²) in [6.07, 6.45) is 7.92. The van der Waals surface area contributed by atoms with Crippen molar-refractivity contribution >= 4 is 65.8 Å². The van der Waals surface area contributed by atoms with Crippen molar-refractivity contribution in [1.29, 1.82) is 5.26 Å². The van der Waals surface area contributed by atoms with E-state index in [1.54, 1.807) is 42.8 Å². The predicted molar refractivity (Wildman–Crippen MR) is 195 cm³/mol. The lowest BCUT2D eigenvalue weighted by molar-refractivity contribution is -0.0692. The van der Waals surface area contributed by atoms with Gasteiger partial charge in [-0.25, -0.2) is 23.1 Å². The van der Waals surface area contributed by atoms with Crippen LogP contribution in [-0.4, -0.2) is 83.8 Å². The number of hydrogen-bond donors (Lipinski definition) is 1. The van der Waals surface area contributed by atoms with Gasteiger partial charge < -0.3 is 9.64 Å². The Kier molecular flexibility index (Phi) is 8.25. The molecule has 0 bridgehead atoms. The maximum Gasteiger partial charge on any atom is 0.267 e. The Morgan fingerprint density at radius 3 is 2.67 bits per heavy atom. The number of carbonyl (C=O) groups excluding carboxylic acids is 1. The van der Waals surface area contributed by atoms with Crippen molar-refractivity contribution in [2.24, 2.45) is 5.41 Å². The van der Waals surface area contributed by atoms with Gasteiger partial charge in [-0.1, -0.05) is 18.0 Å². The smallest absolute Gasteiger partial charge is 0.267 e. The van der Waals surface area contributed by atoms with Gasteiger partial charge in [0.1, 0.15) is 35.6 Å². The Hall–Kier alpha value is -4.62. The number of rotatable bonds is 9. The first-order chi connectivity index (χ1) is 24.4. The number of likely N-dealkylation sites (tertiary alicyclic amines) is 1. The van der Waals surface area contributed by atoms with Gasteiger partial charge in [0.2, 0.25) is 10.0 Å². The number of fused-ring (bicyclic) bond motifs is 2. The number of ether oxygens (including phenoxy) is 1. The van der Waals surface area contributed by atoms with Crippen molar-refractivity contribution in [3.05, 3.63) is 74.4 Å². The van der Waals surface area contributed by atoms with E-state index in [2.05, 4.69) is 30.8 Å². The molecule has 262 valence electrons. The van der Waals surface area contributed by atoms with Crippen LogP contribution in [0.25, 0.3) is 32.2 Å². The number of carbonyl (C=O) groups is 1. The van der Waals surface area contributed by atoms with Gasteiger partial charge >= 0.3 is 0 Å². The molecule has 0 unspecified atom stereocenters. The summed E-state index contributed by atoms with van der Waals surface area (Å²) < 4.78 is 33.8. The van der Waals surface area contributed by atoms with Gasteiger partial charge in [0.25, 0.3) is 11.5 Å². The summed E-state index contributed by atoms with van der Waals surface area (Å²) in [5, 5.41) is 12.5. The molecule has 51 heavy (non-hydrogen) atoms. The van der Waals surface area contributed by atoms with Crippen LogP contribution in [0.3, 0.4) is 0 Å². The number of nitrogens with one attached hydrogen (secondary N) is 1. The van der Waals surface area contributed by atoms with Crippen LogP contribution in [0.15, 0.2) is 46.8 Å². The van der Waals surface area contributed by atoms with Crippen LogP contribution in [-0.2, 0) is 16.6 Å². The summed E-state index contributed by atoms with van der Waals surface area (Å²) in [6, 6.07) is 9.90. The lowest BCUT2D eigenvalue weighted by atomic mass is 9.70. The number of benzene rings is 1. The predicted octanol–water partition coefficient (Wildman–Crippen LogP) is 4.34. The van der Waals surface area contributed by atoms with E-state index in [0.717, 1.165) is 38.5 Å². The molecule has 3 aliphatic rings. The number of thiophene rings is 1. The van der Waals surface area contributed by atoms with E-state index in [0.29, 0.717) is 49.3 Å². The van der Waals surface area contributed by atoms with Crippen LogP contribution in [0.4, 0.5) is 5.82 Å². The lowest BCUT2D eigenvalue weighted by Gasteiger charge is -2.63. The fourth-order valence-electron chi connectivity index (χ4n) is 7.47. The molecule has 1 N–H and O–H groups in total. The van der Waals surface area contributed by atoms with Crippen LogP contribution in [0.1, 0.15) is 41.0 Å². The van der Waals surface area contributed by atoms with Crippen molar-refractivity contribution in [1.82, 2.24) is 29.1 Å². The van der Waals surface area contributed by atoms with E-state index in [1.165, 1.54) is 41.4 Å². The number of pyridine rings is 2. The van der Waals surface area contributed by atoms with E-state index in [9.17, 15) is 23.3 Å². The summed E-state index contributed by atoms with van der Waals surface area (Å²) in [5.74, 6) is 0.701. The summed E-state index contributed by atoms with van der Waals surface area (Å²) in [4.78, 5) is 45.0. The van der Waals surface area contributed by atoms with Crippen molar-refractivity contribution in [3.8, 4) is 22.9 Å². The van der Waals surface area contributed by atoms with Crippen molar-refractivity contribution < 1.29 is 17.9 Å². The third-order valence-corrected chi connectivity index (χ3v) is 11.9. The Balaban J connectivity index is 1.04. The van der Waals surface area contributed by atoms with Crippen molar-refractivity contribution in [3.63, 3.8) is 0 Å². The number of aryl methyl sites for hydroxylation is 1. The molecule has 2 saturated heterocycles. The van der Waals surface area contributed by atoms with E-state index in [-0.39, 0.29) is 40.6 Å². The fourth-order valence-corrected chi connectivity index (χ4v) is 9.12. The average molecular weight is 745 g/mol. The molecular formula is C35H33ClN8O5S2. The zero-order valence-corrected chi connectivity index (χ0v) is 30.2. The van der Waals surface area contributed by atoms with Crippen molar-refractivity contribution in [2.75, 3.05) is 43.9 Å². The summed E-state index contributed by atoms with van der Waals surface area (Å²) >= 11 is 7.66. The maximum absolute atomic E-state index is 14.0. The van der Waals surface area contributed by atoms with Crippen LogP contribution < -0.4 is 19.9 Å². The second-order valence-electron chi connectivity index (χ2n) is 13.7. The Morgan fingerprint density at radius 1 is 1.18 bits per heavy atom. The van der Waals surface area contributed by atoms with Gasteiger partial charge in [-0.15, -0.1) is 11.3 Å². The molecule has 1 spiro atoms. The largest absolute Gasteiger partial charge is 0.491 e. The topological polar surface area (TPSA) is 163 Å². The van der Waals surface area contributed by atoms with Crippen molar-refractivity contribution in [2.45, 2.75) is 38.8 Å². The Labute approximate surface area is 302 Å². The van der Waals surface area contributed by atoms with Crippen LogP contribution in [0.2, 0.25) is 5.02 Å². The monoisotopic (exact) mass is 744 g/mol. The summed E-state index contributed by atoms with van der Waals surface area (Å²) in [6.45, 7) is 5.78. The number of aromatic nitrogens is 4. The number of nitriles is 1.